The Morgan fingerprint density at radius 3 is 2.49 bits per heavy atom. The summed E-state index contributed by atoms with van der Waals surface area (Å²) in [4.78, 5) is 20.4. The van der Waals surface area contributed by atoms with Crippen LogP contribution in [0.5, 0.6) is 5.75 Å². The maximum absolute atomic E-state index is 13.5. The predicted molar refractivity (Wildman–Crippen MR) is 134 cm³/mol. The lowest BCUT2D eigenvalue weighted by Gasteiger charge is -2.22. The lowest BCUT2D eigenvalue weighted by atomic mass is 10.0. The van der Waals surface area contributed by atoms with Gasteiger partial charge in [0, 0.05) is 18.0 Å². The Labute approximate surface area is 219 Å². The molecule has 1 fully saturated rings. The molecule has 0 saturated heterocycles. The summed E-state index contributed by atoms with van der Waals surface area (Å²) in [7, 11) is -5.04. The summed E-state index contributed by atoms with van der Waals surface area (Å²) in [6.45, 7) is 0. The van der Waals surface area contributed by atoms with Crippen molar-refractivity contribution in [3.05, 3.63) is 78.0 Å². The fourth-order valence-electron chi connectivity index (χ4n) is 3.94. The largest absolute Gasteiger partial charge is 0.480 e. The second kappa shape index (κ2) is 9.90. The Morgan fingerprint density at radius 2 is 1.87 bits per heavy atom. The van der Waals surface area contributed by atoms with Crippen molar-refractivity contribution in [2.45, 2.75) is 24.2 Å². The van der Waals surface area contributed by atoms with Crippen molar-refractivity contribution < 1.29 is 31.1 Å². The molecule has 202 valence electrons. The normalized spacial score (nSPS) is 14.2. The number of anilines is 3. The van der Waals surface area contributed by atoms with Gasteiger partial charge in [-0.3, -0.25) is 19.6 Å². The number of nitrogens with two attached hydrogens (primary N) is 1. The zero-order valence-corrected chi connectivity index (χ0v) is 20.7. The van der Waals surface area contributed by atoms with Crippen LogP contribution in [-0.2, 0) is 15.6 Å². The van der Waals surface area contributed by atoms with Crippen LogP contribution in [0.3, 0.4) is 0 Å². The van der Waals surface area contributed by atoms with Gasteiger partial charge in [0.15, 0.2) is 5.82 Å². The highest BCUT2D eigenvalue weighted by molar-refractivity contribution is 7.93. The molecule has 15 heteroatoms. The number of primary amides is 1. The third-order valence-corrected chi connectivity index (χ3v) is 6.93. The van der Waals surface area contributed by atoms with Gasteiger partial charge in [0.2, 0.25) is 0 Å². The molecular weight excluding hydrogens is 539 g/mol. The van der Waals surface area contributed by atoms with E-state index in [0.717, 1.165) is 0 Å². The van der Waals surface area contributed by atoms with Gasteiger partial charge < -0.3 is 15.8 Å². The summed E-state index contributed by atoms with van der Waals surface area (Å²) >= 11 is 0. The second-order valence-corrected chi connectivity index (χ2v) is 10.3. The average Bonchev–Trinajstić information content (AvgIpc) is 3.56. The van der Waals surface area contributed by atoms with Gasteiger partial charge in [-0.25, -0.2) is 17.8 Å². The van der Waals surface area contributed by atoms with Crippen LogP contribution >= 0.6 is 0 Å². The molecule has 0 spiro atoms. The Kier molecular flexibility index (Phi) is 6.59. The average molecular weight is 560 g/mol. The molecule has 39 heavy (non-hydrogen) atoms. The molecule has 1 amide bonds. The zero-order chi connectivity index (χ0) is 27.8. The maximum Gasteiger partial charge on any atom is 0.355 e. The van der Waals surface area contributed by atoms with Crippen LogP contribution in [0.4, 0.5) is 30.5 Å². The molecule has 2 aromatic heterocycles. The van der Waals surface area contributed by atoms with Gasteiger partial charge in [0.05, 0.1) is 17.6 Å². The monoisotopic (exact) mass is 559 g/mol. The highest BCUT2D eigenvalue weighted by Crippen LogP contribution is 2.51. The third kappa shape index (κ3) is 5.34. The van der Waals surface area contributed by atoms with Gasteiger partial charge in [-0.15, -0.1) is 0 Å². The maximum atomic E-state index is 13.5. The number of alkyl halides is 2. The number of aromatic nitrogens is 4. The number of nitrogens with one attached hydrogen (secondary N) is 3. The van der Waals surface area contributed by atoms with Crippen LogP contribution in [-0.4, -0.2) is 40.2 Å². The highest BCUT2D eigenvalue weighted by Gasteiger charge is 2.48. The van der Waals surface area contributed by atoms with E-state index >= 15 is 0 Å². The minimum atomic E-state index is -5.04. The molecule has 1 aliphatic rings. The Hall–Kier alpha value is -4.66. The predicted octanol–water partition coefficient (Wildman–Crippen LogP) is 3.88. The first-order valence-electron chi connectivity index (χ1n) is 11.4. The molecule has 1 aliphatic carbocycles. The van der Waals surface area contributed by atoms with Gasteiger partial charge >= 0.3 is 5.76 Å². The van der Waals surface area contributed by atoms with E-state index in [4.69, 9.17) is 10.5 Å². The summed E-state index contributed by atoms with van der Waals surface area (Å²) < 4.78 is 71.7. The number of ether oxygens (including phenoxy) is 1. The second-order valence-electron chi connectivity index (χ2n) is 8.62. The molecule has 1 saturated carbocycles. The quantitative estimate of drug-likeness (QED) is 0.227. The summed E-state index contributed by atoms with van der Waals surface area (Å²) in [5, 5.41) is 9.63. The molecule has 5 N–H and O–H groups in total. The highest BCUT2D eigenvalue weighted by atomic mass is 32.2. The minimum Gasteiger partial charge on any atom is -0.480 e. The molecule has 0 bridgehead atoms. The molecule has 0 unspecified atom stereocenters. The number of aromatic amines is 1. The molecular formula is C24H20F3N7O4S. The number of rotatable bonds is 10. The van der Waals surface area contributed by atoms with Gasteiger partial charge in [0.25, 0.3) is 15.9 Å². The lowest BCUT2D eigenvalue weighted by molar-refractivity contribution is 0.100. The fourth-order valence-corrected chi connectivity index (χ4v) is 4.50. The molecule has 11 nitrogen and oxygen atoms in total. The van der Waals surface area contributed by atoms with Crippen LogP contribution in [0.15, 0.2) is 61.1 Å². The van der Waals surface area contributed by atoms with E-state index < -0.39 is 33.1 Å². The van der Waals surface area contributed by atoms with E-state index in [0.29, 0.717) is 18.4 Å². The number of H-pyrrole nitrogens is 1. The Morgan fingerprint density at radius 1 is 1.13 bits per heavy atom. The van der Waals surface area contributed by atoms with Crippen molar-refractivity contribution in [3.8, 4) is 17.0 Å². The lowest BCUT2D eigenvalue weighted by Crippen LogP contribution is -2.22. The molecule has 5 rings (SSSR count). The number of hydrogen-bond acceptors (Lipinski definition) is 8. The van der Waals surface area contributed by atoms with Crippen molar-refractivity contribution in [1.82, 2.24) is 20.2 Å². The van der Waals surface area contributed by atoms with E-state index in [-0.39, 0.29) is 39.9 Å². The molecule has 0 atom stereocenters. The first-order chi connectivity index (χ1) is 18.6. The molecule has 2 aromatic carbocycles. The van der Waals surface area contributed by atoms with Gasteiger partial charge in [-0.05, 0) is 42.7 Å². The van der Waals surface area contributed by atoms with Crippen molar-refractivity contribution in [3.63, 3.8) is 0 Å². The number of carbonyl (C=O) groups is 1. The van der Waals surface area contributed by atoms with E-state index in [1.54, 1.807) is 0 Å². The summed E-state index contributed by atoms with van der Waals surface area (Å²) in [5.74, 6) is -4.76. The van der Waals surface area contributed by atoms with Crippen LogP contribution < -0.4 is 20.5 Å². The van der Waals surface area contributed by atoms with E-state index in [2.05, 4.69) is 25.5 Å². The third-order valence-electron chi connectivity index (χ3n) is 5.96. The first-order valence-corrected chi connectivity index (χ1v) is 12.9. The zero-order valence-electron chi connectivity index (χ0n) is 19.9. The number of nitrogens with zero attached hydrogens (tertiary/aromatic N) is 3. The van der Waals surface area contributed by atoms with E-state index in [9.17, 15) is 26.4 Å². The van der Waals surface area contributed by atoms with Crippen molar-refractivity contribution >= 4 is 33.3 Å². The SMILES string of the molecule is NC(=O)c1c(Nc2cnccn2)n[nH]c1-c1ccc(NS(=O)(=O)C(F)F)c(OC2(c3ccc(F)cc3)CC2)c1. The van der Waals surface area contributed by atoms with Crippen molar-refractivity contribution in [2.24, 2.45) is 5.73 Å². The standard InChI is InChI=1S/C24H20F3N7O4S/c25-15-4-2-14(3-5-15)24(7-8-24)38-17-11-13(1-6-16(17)34-39(36,37)23(26)27)20-19(21(28)35)22(33-32-20)31-18-12-29-9-10-30-18/h1-6,9-12,23,34H,7-8H2,(H2,28,35)(H2,30,31,32,33). The Balaban J connectivity index is 1.56. The van der Waals surface area contributed by atoms with Crippen molar-refractivity contribution in [1.29, 1.82) is 0 Å². The van der Waals surface area contributed by atoms with E-state index in [1.165, 1.54) is 61.1 Å². The fraction of sp³-hybridized carbons (Fsp3) is 0.167. The summed E-state index contributed by atoms with van der Waals surface area (Å²) in [6, 6.07) is 9.51. The van der Waals surface area contributed by atoms with Crippen LogP contribution in [0, 0.1) is 5.82 Å². The summed E-state index contributed by atoms with van der Waals surface area (Å²) in [6.07, 6.45) is 5.30. The van der Waals surface area contributed by atoms with Gasteiger partial charge in [-0.1, -0.05) is 18.2 Å². The number of halogens is 3. The number of amides is 1. The van der Waals surface area contributed by atoms with Gasteiger partial charge in [0.1, 0.15) is 28.5 Å². The molecule has 2 heterocycles. The number of sulfonamides is 1. The van der Waals surface area contributed by atoms with E-state index in [1.807, 2.05) is 4.72 Å². The first kappa shape index (κ1) is 26.0. The van der Waals surface area contributed by atoms with Crippen molar-refractivity contribution in [2.75, 3.05) is 10.0 Å². The Bertz CT molecular complexity index is 1630. The van der Waals surface area contributed by atoms with Crippen LogP contribution in [0.1, 0.15) is 28.8 Å². The van der Waals surface area contributed by atoms with Crippen LogP contribution in [0.2, 0.25) is 0 Å². The molecule has 4 aromatic rings. The number of carbonyl (C=O) groups excluding carboxylic acids is 1. The number of benzene rings is 2. The molecule has 0 radical (unpaired) electrons. The molecule has 0 aliphatic heterocycles. The topological polar surface area (TPSA) is 165 Å². The van der Waals surface area contributed by atoms with Gasteiger partial charge in [-0.2, -0.15) is 13.9 Å². The van der Waals surface area contributed by atoms with Crippen LogP contribution in [0.25, 0.3) is 11.3 Å². The minimum absolute atomic E-state index is 0.0489. The summed E-state index contributed by atoms with van der Waals surface area (Å²) in [5.41, 5.74) is 5.43. The smallest absolute Gasteiger partial charge is 0.355 e. The number of hydrogen-bond donors (Lipinski definition) is 4.